The number of aryl methyl sites for hydroxylation is 1. The number of Topliss-reactive ketones (excluding diaryl/α,β-unsaturated/α-hetero) is 2. The van der Waals surface area contributed by atoms with Gasteiger partial charge in [0.05, 0.1) is 0 Å². The molecule has 1 aromatic heterocycles. The van der Waals surface area contributed by atoms with E-state index in [1.165, 1.54) is 6.08 Å². The summed E-state index contributed by atoms with van der Waals surface area (Å²) in [5.41, 5.74) is 6.63. The molecular weight excluding hydrogens is 506 g/mol. The van der Waals surface area contributed by atoms with Crippen molar-refractivity contribution < 1.29 is 24.4 Å². The molecule has 0 radical (unpaired) electrons. The SMILES string of the molecule is CC(=O)c1ccc2c(c1)c1cc(C(C)=O)ccc1n2CCCCCC(=O)NCc1ccc(/C=C/C(=O)NO)cc1. The van der Waals surface area contributed by atoms with Crippen LogP contribution in [0.4, 0.5) is 0 Å². The van der Waals surface area contributed by atoms with Crippen molar-refractivity contribution in [1.29, 1.82) is 0 Å². The van der Waals surface area contributed by atoms with E-state index in [0.29, 0.717) is 24.1 Å². The van der Waals surface area contributed by atoms with E-state index >= 15 is 0 Å². The molecule has 0 saturated carbocycles. The van der Waals surface area contributed by atoms with Crippen LogP contribution in [-0.4, -0.2) is 33.2 Å². The summed E-state index contributed by atoms with van der Waals surface area (Å²) in [6.07, 6.45) is 5.79. The summed E-state index contributed by atoms with van der Waals surface area (Å²) in [5.74, 6) is -0.600. The highest BCUT2D eigenvalue weighted by molar-refractivity contribution is 6.12. The number of amides is 2. The Balaban J connectivity index is 1.31. The normalized spacial score (nSPS) is 11.3. The summed E-state index contributed by atoms with van der Waals surface area (Å²) in [5, 5.41) is 13.4. The van der Waals surface area contributed by atoms with E-state index in [0.717, 1.165) is 58.7 Å². The van der Waals surface area contributed by atoms with Gasteiger partial charge in [0.25, 0.3) is 5.91 Å². The third-order valence-corrected chi connectivity index (χ3v) is 6.97. The quantitative estimate of drug-likeness (QED) is 0.0713. The van der Waals surface area contributed by atoms with Crippen molar-refractivity contribution in [1.82, 2.24) is 15.4 Å². The van der Waals surface area contributed by atoms with Gasteiger partial charge in [0.1, 0.15) is 0 Å². The molecule has 8 heteroatoms. The molecule has 0 aliphatic heterocycles. The van der Waals surface area contributed by atoms with Gasteiger partial charge >= 0.3 is 0 Å². The third-order valence-electron chi connectivity index (χ3n) is 6.97. The van der Waals surface area contributed by atoms with Crippen molar-refractivity contribution in [2.75, 3.05) is 0 Å². The van der Waals surface area contributed by atoms with Crippen molar-refractivity contribution >= 4 is 51.3 Å². The zero-order valence-electron chi connectivity index (χ0n) is 22.7. The highest BCUT2D eigenvalue weighted by atomic mass is 16.5. The van der Waals surface area contributed by atoms with Crippen molar-refractivity contribution in [3.05, 3.63) is 89.0 Å². The van der Waals surface area contributed by atoms with Crippen LogP contribution in [0.2, 0.25) is 0 Å². The molecule has 0 aliphatic carbocycles. The predicted molar refractivity (Wildman–Crippen MR) is 155 cm³/mol. The molecule has 0 saturated heterocycles. The van der Waals surface area contributed by atoms with Crippen molar-refractivity contribution in [3.63, 3.8) is 0 Å². The van der Waals surface area contributed by atoms with Crippen LogP contribution in [-0.2, 0) is 22.7 Å². The highest BCUT2D eigenvalue weighted by Gasteiger charge is 2.14. The van der Waals surface area contributed by atoms with Crippen molar-refractivity contribution in [2.45, 2.75) is 52.6 Å². The molecule has 0 bridgehead atoms. The average molecular weight is 540 g/mol. The third kappa shape index (κ3) is 6.90. The van der Waals surface area contributed by atoms with Crippen molar-refractivity contribution in [3.8, 4) is 0 Å². The Morgan fingerprint density at radius 2 is 1.40 bits per heavy atom. The first-order chi connectivity index (χ1) is 19.3. The summed E-state index contributed by atoms with van der Waals surface area (Å²) in [6.45, 7) is 4.29. The summed E-state index contributed by atoms with van der Waals surface area (Å²) in [4.78, 5) is 47.4. The van der Waals surface area contributed by atoms with Crippen LogP contribution < -0.4 is 10.8 Å². The maximum atomic E-state index is 12.4. The summed E-state index contributed by atoms with van der Waals surface area (Å²) < 4.78 is 2.23. The monoisotopic (exact) mass is 539 g/mol. The van der Waals surface area contributed by atoms with E-state index in [2.05, 4.69) is 9.88 Å². The Morgan fingerprint density at radius 1 is 0.800 bits per heavy atom. The Bertz CT molecular complexity index is 1530. The molecule has 4 aromatic rings. The van der Waals surface area contributed by atoms with Crippen molar-refractivity contribution in [2.24, 2.45) is 0 Å². The second-order valence-corrected chi connectivity index (χ2v) is 9.87. The number of nitrogens with zero attached hydrogens (tertiary/aromatic N) is 1. The van der Waals surface area contributed by atoms with Gasteiger partial charge in [-0.15, -0.1) is 0 Å². The van der Waals surface area contributed by atoms with Crippen LogP contribution in [0.25, 0.3) is 27.9 Å². The van der Waals surface area contributed by atoms with Gasteiger partial charge in [0.2, 0.25) is 5.91 Å². The lowest BCUT2D eigenvalue weighted by molar-refractivity contribution is -0.124. The number of fused-ring (bicyclic) bond motifs is 3. The number of carbonyl (C=O) groups is 4. The lowest BCUT2D eigenvalue weighted by Crippen LogP contribution is -2.22. The molecule has 2 amide bonds. The fourth-order valence-corrected chi connectivity index (χ4v) is 4.76. The standard InChI is InChI=1S/C32H33N3O5/c1-21(36)25-12-14-29-27(18-25)28-19-26(22(2)37)13-15-30(28)35(29)17-5-3-4-6-31(38)33-20-24-9-7-23(8-10-24)11-16-32(39)34-40/h7-16,18-19,40H,3-6,17,20H2,1-2H3,(H,33,38)(H,34,39)/b16-11+. The first-order valence-electron chi connectivity index (χ1n) is 13.3. The fraction of sp³-hybridized carbons (Fsp3) is 0.250. The van der Waals surface area contributed by atoms with Crippen LogP contribution in [0.15, 0.2) is 66.7 Å². The van der Waals surface area contributed by atoms with E-state index in [1.807, 2.05) is 60.7 Å². The van der Waals surface area contributed by atoms with E-state index in [9.17, 15) is 19.2 Å². The number of nitrogens with one attached hydrogen (secondary N) is 2. The molecule has 206 valence electrons. The predicted octanol–water partition coefficient (Wildman–Crippen LogP) is 5.60. The van der Waals surface area contributed by atoms with Gasteiger partial charge in [0, 0.05) is 58.5 Å². The van der Waals surface area contributed by atoms with Gasteiger partial charge < -0.3 is 9.88 Å². The van der Waals surface area contributed by atoms with Gasteiger partial charge in [-0.3, -0.25) is 24.4 Å². The molecule has 0 atom stereocenters. The number of aromatic nitrogens is 1. The Kier molecular flexibility index (Phi) is 9.24. The molecule has 0 aliphatic rings. The molecule has 3 N–H and O–H groups in total. The Morgan fingerprint density at radius 3 is 1.95 bits per heavy atom. The lowest BCUT2D eigenvalue weighted by atomic mass is 10.0. The van der Waals surface area contributed by atoms with E-state index in [1.54, 1.807) is 25.4 Å². The molecule has 0 fully saturated rings. The van der Waals surface area contributed by atoms with E-state index < -0.39 is 5.91 Å². The second-order valence-electron chi connectivity index (χ2n) is 9.87. The zero-order chi connectivity index (χ0) is 28.6. The Hall–Kier alpha value is -4.56. The number of hydrogen-bond acceptors (Lipinski definition) is 5. The van der Waals surface area contributed by atoms with Crippen LogP contribution >= 0.6 is 0 Å². The number of carbonyl (C=O) groups excluding carboxylic acids is 4. The van der Waals surface area contributed by atoms with E-state index in [-0.39, 0.29) is 17.5 Å². The van der Waals surface area contributed by atoms with Crippen LogP contribution in [0.1, 0.15) is 71.4 Å². The van der Waals surface area contributed by atoms with Gasteiger partial charge in [-0.05, 0) is 80.3 Å². The Labute approximate surface area is 232 Å². The number of ketones is 2. The number of hydroxylamine groups is 1. The molecule has 0 unspecified atom stereocenters. The van der Waals surface area contributed by atoms with Gasteiger partial charge in [0.15, 0.2) is 11.6 Å². The van der Waals surface area contributed by atoms with Crippen LogP contribution in [0.5, 0.6) is 0 Å². The summed E-state index contributed by atoms with van der Waals surface area (Å²) in [6, 6.07) is 18.9. The minimum atomic E-state index is -0.599. The molecule has 3 aromatic carbocycles. The van der Waals surface area contributed by atoms with E-state index in [4.69, 9.17) is 5.21 Å². The zero-order valence-corrected chi connectivity index (χ0v) is 22.7. The minimum Gasteiger partial charge on any atom is -0.352 e. The fourth-order valence-electron chi connectivity index (χ4n) is 4.76. The second kappa shape index (κ2) is 13.0. The minimum absolute atomic E-state index is 0.00247. The molecule has 8 nitrogen and oxygen atoms in total. The summed E-state index contributed by atoms with van der Waals surface area (Å²) in [7, 11) is 0. The number of rotatable bonds is 12. The first kappa shape index (κ1) is 28.4. The van der Waals surface area contributed by atoms with Gasteiger partial charge in [-0.1, -0.05) is 30.7 Å². The first-order valence-corrected chi connectivity index (χ1v) is 13.3. The highest BCUT2D eigenvalue weighted by Crippen LogP contribution is 2.31. The number of benzene rings is 3. The number of hydrogen-bond donors (Lipinski definition) is 3. The molecule has 0 spiro atoms. The molecule has 4 rings (SSSR count). The molecular formula is C32H33N3O5. The molecule has 1 heterocycles. The van der Waals surface area contributed by atoms with Crippen LogP contribution in [0.3, 0.4) is 0 Å². The topological polar surface area (TPSA) is 118 Å². The lowest BCUT2D eigenvalue weighted by Gasteiger charge is -2.09. The molecule has 40 heavy (non-hydrogen) atoms. The largest absolute Gasteiger partial charge is 0.352 e. The van der Waals surface area contributed by atoms with Crippen LogP contribution in [0, 0.1) is 0 Å². The summed E-state index contributed by atoms with van der Waals surface area (Å²) >= 11 is 0. The average Bonchev–Trinajstić information content (AvgIpc) is 3.27. The van der Waals surface area contributed by atoms with Gasteiger partial charge in [-0.2, -0.15) is 0 Å². The maximum absolute atomic E-state index is 12.4. The maximum Gasteiger partial charge on any atom is 0.267 e. The van der Waals surface area contributed by atoms with Gasteiger partial charge in [-0.25, -0.2) is 5.48 Å². The number of unbranched alkanes of at least 4 members (excludes halogenated alkanes) is 2. The smallest absolute Gasteiger partial charge is 0.267 e.